The van der Waals surface area contributed by atoms with Crippen molar-refractivity contribution in [1.82, 2.24) is 10.6 Å². The first kappa shape index (κ1) is 19.7. The van der Waals surface area contributed by atoms with Gasteiger partial charge in [0.15, 0.2) is 0 Å². The second-order valence-corrected chi connectivity index (χ2v) is 8.69. The van der Waals surface area contributed by atoms with E-state index in [1.54, 1.807) is 0 Å². The summed E-state index contributed by atoms with van der Waals surface area (Å²) >= 11 is 0. The van der Waals surface area contributed by atoms with E-state index in [1.807, 2.05) is 27.7 Å². The zero-order valence-electron chi connectivity index (χ0n) is 13.3. The van der Waals surface area contributed by atoms with Crippen molar-refractivity contribution in [2.45, 2.75) is 40.2 Å². The van der Waals surface area contributed by atoms with Gasteiger partial charge in [-0.15, -0.1) is 0 Å². The maximum absolute atomic E-state index is 11.7. The number of hydrogen-bond acceptors (Lipinski definition) is 4. The summed E-state index contributed by atoms with van der Waals surface area (Å²) < 4.78 is 22.1. The molecule has 0 fully saturated rings. The molecule has 0 saturated carbocycles. The van der Waals surface area contributed by atoms with Crippen LogP contribution < -0.4 is 10.6 Å². The summed E-state index contributed by atoms with van der Waals surface area (Å²) in [6, 6.07) is -1.82. The zero-order chi connectivity index (χ0) is 16.8. The first-order valence-electron chi connectivity index (χ1n) is 6.78. The van der Waals surface area contributed by atoms with E-state index in [2.05, 4.69) is 10.6 Å². The van der Waals surface area contributed by atoms with Crippen LogP contribution in [0.1, 0.15) is 34.1 Å². The number of carbonyl (C=O) groups excluding carboxylic acids is 1. The molecular weight excluding hydrogens is 296 g/mol. The van der Waals surface area contributed by atoms with Crippen LogP contribution in [0.15, 0.2) is 0 Å². The number of carbonyl (C=O) groups is 2. The van der Waals surface area contributed by atoms with Crippen molar-refractivity contribution in [3.63, 3.8) is 0 Å². The van der Waals surface area contributed by atoms with Gasteiger partial charge < -0.3 is 15.7 Å². The van der Waals surface area contributed by atoms with Crippen LogP contribution in [-0.2, 0) is 14.6 Å². The molecule has 0 bridgehead atoms. The third-order valence-electron chi connectivity index (χ3n) is 3.43. The van der Waals surface area contributed by atoms with Crippen LogP contribution in [0.2, 0.25) is 0 Å². The van der Waals surface area contributed by atoms with Crippen LogP contribution in [0.4, 0.5) is 4.79 Å². The van der Waals surface area contributed by atoms with Crippen LogP contribution >= 0.6 is 0 Å². The molecule has 0 saturated heterocycles. The number of aliphatic carboxylic acids is 1. The lowest BCUT2D eigenvalue weighted by atomic mass is 9.82. The average molecular weight is 322 g/mol. The normalized spacial score (nSPS) is 15.1. The predicted octanol–water partition coefficient (Wildman–Crippen LogP) is 0.856. The summed E-state index contributed by atoms with van der Waals surface area (Å²) in [5, 5.41) is 13.9. The molecule has 2 amide bonds. The molecule has 0 aliphatic heterocycles. The molecule has 0 aliphatic rings. The molecule has 0 radical (unpaired) electrons. The Bertz CT molecular complexity index is 467. The highest BCUT2D eigenvalue weighted by atomic mass is 32.2. The Kier molecular flexibility index (Phi) is 7.15. The number of urea groups is 1. The molecule has 0 aromatic heterocycles. The van der Waals surface area contributed by atoms with Crippen LogP contribution in [0.3, 0.4) is 0 Å². The maximum atomic E-state index is 11.7. The van der Waals surface area contributed by atoms with E-state index < -0.39 is 27.9 Å². The highest BCUT2D eigenvalue weighted by Crippen LogP contribution is 2.24. The van der Waals surface area contributed by atoms with Crippen LogP contribution in [-0.4, -0.2) is 50.1 Å². The van der Waals surface area contributed by atoms with Crippen LogP contribution in [0.5, 0.6) is 0 Å². The quantitative estimate of drug-likeness (QED) is 0.643. The monoisotopic (exact) mass is 322 g/mol. The highest BCUT2D eigenvalue weighted by molar-refractivity contribution is 7.90. The van der Waals surface area contributed by atoms with Gasteiger partial charge >= 0.3 is 12.0 Å². The summed E-state index contributed by atoms with van der Waals surface area (Å²) in [6.07, 6.45) is 0.868. The molecule has 124 valence electrons. The zero-order valence-corrected chi connectivity index (χ0v) is 14.1. The highest BCUT2D eigenvalue weighted by Gasteiger charge is 2.23. The van der Waals surface area contributed by atoms with E-state index in [0.717, 1.165) is 6.26 Å². The Balaban J connectivity index is 4.40. The predicted molar refractivity (Wildman–Crippen MR) is 80.9 cm³/mol. The van der Waals surface area contributed by atoms with Crippen molar-refractivity contribution in [2.75, 3.05) is 18.6 Å². The third-order valence-corrected chi connectivity index (χ3v) is 4.41. The van der Waals surface area contributed by atoms with Crippen molar-refractivity contribution in [1.29, 1.82) is 0 Å². The maximum Gasteiger partial charge on any atom is 0.326 e. The summed E-state index contributed by atoms with van der Waals surface area (Å²) in [7, 11) is -3.27. The van der Waals surface area contributed by atoms with Crippen molar-refractivity contribution in [3.05, 3.63) is 0 Å². The number of sulfone groups is 1. The molecule has 0 rings (SSSR count). The number of amides is 2. The molecule has 0 aliphatic carbocycles. The molecule has 0 heterocycles. The van der Waals surface area contributed by atoms with Crippen LogP contribution in [0, 0.1) is 11.3 Å². The van der Waals surface area contributed by atoms with Crippen LogP contribution in [0.25, 0.3) is 0 Å². The Labute approximate surface area is 126 Å². The largest absolute Gasteiger partial charge is 0.480 e. The van der Waals surface area contributed by atoms with Gasteiger partial charge in [0.05, 0.1) is 5.75 Å². The lowest BCUT2D eigenvalue weighted by Gasteiger charge is -2.27. The minimum Gasteiger partial charge on any atom is -0.480 e. The number of rotatable bonds is 7. The number of carboxylic acid groups (broad SMARTS) is 1. The summed E-state index contributed by atoms with van der Waals surface area (Å²) in [4.78, 5) is 22.7. The van der Waals surface area contributed by atoms with Gasteiger partial charge in [0, 0.05) is 12.8 Å². The van der Waals surface area contributed by atoms with Crippen molar-refractivity contribution in [2.24, 2.45) is 11.3 Å². The molecule has 3 N–H and O–H groups in total. The van der Waals surface area contributed by atoms with E-state index in [-0.39, 0.29) is 23.5 Å². The molecular formula is C13H26N2O5S. The Morgan fingerprint density at radius 3 is 2.14 bits per heavy atom. The van der Waals surface area contributed by atoms with Crippen molar-refractivity contribution >= 4 is 21.8 Å². The fourth-order valence-corrected chi connectivity index (χ4v) is 2.01. The first-order chi connectivity index (χ1) is 9.33. The van der Waals surface area contributed by atoms with Gasteiger partial charge in [0.2, 0.25) is 0 Å². The molecule has 2 unspecified atom stereocenters. The van der Waals surface area contributed by atoms with E-state index in [4.69, 9.17) is 5.11 Å². The van der Waals surface area contributed by atoms with E-state index >= 15 is 0 Å². The first-order valence-corrected chi connectivity index (χ1v) is 8.84. The third kappa shape index (κ3) is 9.28. The fourth-order valence-electron chi connectivity index (χ4n) is 1.35. The van der Waals surface area contributed by atoms with Gasteiger partial charge in [-0.1, -0.05) is 27.7 Å². The minimum atomic E-state index is -3.27. The standard InChI is InChI=1S/C13H26N2O5S/c1-9(13(2,3)4)8-14-12(18)15-10(11(16)17)6-7-21(5,19)20/h9-10H,6-8H2,1-5H3,(H,16,17)(H2,14,15,18). The average Bonchev–Trinajstić information content (AvgIpc) is 2.28. The molecule has 7 nitrogen and oxygen atoms in total. The minimum absolute atomic E-state index is 0.0236. The van der Waals surface area contributed by atoms with Gasteiger partial charge in [0.25, 0.3) is 0 Å². The summed E-state index contributed by atoms with van der Waals surface area (Å²) in [5.74, 6) is -1.33. The molecule has 2 atom stereocenters. The molecule has 21 heavy (non-hydrogen) atoms. The Morgan fingerprint density at radius 2 is 1.76 bits per heavy atom. The van der Waals surface area contributed by atoms with Gasteiger partial charge in [0.1, 0.15) is 15.9 Å². The fraction of sp³-hybridized carbons (Fsp3) is 0.846. The van der Waals surface area contributed by atoms with Gasteiger partial charge in [-0.25, -0.2) is 18.0 Å². The van der Waals surface area contributed by atoms with E-state index in [1.165, 1.54) is 0 Å². The lowest BCUT2D eigenvalue weighted by Crippen LogP contribution is -2.48. The SMILES string of the molecule is CC(CNC(=O)NC(CCS(C)(=O)=O)C(=O)O)C(C)(C)C. The smallest absolute Gasteiger partial charge is 0.326 e. The number of hydrogen-bond donors (Lipinski definition) is 3. The molecule has 0 aromatic carbocycles. The van der Waals surface area contributed by atoms with Crippen molar-refractivity contribution in [3.8, 4) is 0 Å². The van der Waals surface area contributed by atoms with Gasteiger partial charge in [-0.3, -0.25) is 0 Å². The molecule has 8 heteroatoms. The Hall–Kier alpha value is -1.31. The topological polar surface area (TPSA) is 113 Å². The number of nitrogens with one attached hydrogen (secondary N) is 2. The van der Waals surface area contributed by atoms with Crippen molar-refractivity contribution < 1.29 is 23.1 Å². The molecule has 0 aromatic rings. The van der Waals surface area contributed by atoms with E-state index in [0.29, 0.717) is 6.54 Å². The second-order valence-electron chi connectivity index (χ2n) is 6.43. The summed E-state index contributed by atoms with van der Waals surface area (Å²) in [5.41, 5.74) is 0.0236. The lowest BCUT2D eigenvalue weighted by molar-refractivity contribution is -0.139. The van der Waals surface area contributed by atoms with E-state index in [9.17, 15) is 18.0 Å². The van der Waals surface area contributed by atoms with Gasteiger partial charge in [-0.2, -0.15) is 0 Å². The molecule has 0 spiro atoms. The summed E-state index contributed by atoms with van der Waals surface area (Å²) in [6.45, 7) is 8.53. The number of carboxylic acids is 1. The second kappa shape index (κ2) is 7.63. The Morgan fingerprint density at radius 1 is 1.24 bits per heavy atom. The van der Waals surface area contributed by atoms with Gasteiger partial charge in [-0.05, 0) is 17.8 Å².